The molecule has 0 N–H and O–H groups in total. The zero-order valence-electron chi connectivity index (χ0n) is 15.2. The number of pyridine rings is 2. The molecule has 1 aliphatic heterocycles. The first-order chi connectivity index (χ1) is 14.4. The molecule has 0 spiro atoms. The van der Waals surface area contributed by atoms with Crippen molar-refractivity contribution >= 4 is 38.6 Å². The maximum Gasteiger partial charge on any atom is 0.151 e. The number of aromatic nitrogens is 3. The molecule has 0 aliphatic carbocycles. The van der Waals surface area contributed by atoms with Crippen molar-refractivity contribution in [1.82, 2.24) is 15.0 Å². The molecule has 5 nitrogen and oxygen atoms in total. The Kier molecular flexibility index (Phi) is 3.57. The Balaban J connectivity index is 1.44. The summed E-state index contributed by atoms with van der Waals surface area (Å²) in [6.07, 6.45) is 5.49. The molecule has 29 heavy (non-hydrogen) atoms. The van der Waals surface area contributed by atoms with Crippen LogP contribution in [0.4, 0.5) is 17.1 Å². The minimum atomic E-state index is 0.828. The van der Waals surface area contributed by atoms with Crippen LogP contribution in [0.25, 0.3) is 20.9 Å². The van der Waals surface area contributed by atoms with Crippen LogP contribution < -0.4 is 9.64 Å². The number of benzene rings is 2. The van der Waals surface area contributed by atoms with Gasteiger partial charge in [0, 0.05) is 12.4 Å². The second kappa shape index (κ2) is 6.39. The first-order valence-electron chi connectivity index (χ1n) is 9.20. The Bertz CT molecular complexity index is 1270. The lowest BCUT2D eigenvalue weighted by atomic mass is 10.1. The summed E-state index contributed by atoms with van der Waals surface area (Å²) in [4.78, 5) is 15.7. The first-order valence-corrected chi connectivity index (χ1v) is 10.0. The van der Waals surface area contributed by atoms with E-state index in [2.05, 4.69) is 33.1 Å². The molecule has 0 bridgehead atoms. The number of fused-ring (bicyclic) bond motifs is 3. The van der Waals surface area contributed by atoms with E-state index in [9.17, 15) is 0 Å². The summed E-state index contributed by atoms with van der Waals surface area (Å²) in [6, 6.07) is 22.1. The largest absolute Gasteiger partial charge is 0.453 e. The molecule has 1 aliphatic rings. The SMILES string of the molecule is c1ccc2c(c1)Oc1ccccc1N2c1ccc(-c2nc3ccncc3s2)nc1. The van der Waals surface area contributed by atoms with Crippen LogP contribution in [0.5, 0.6) is 11.5 Å². The van der Waals surface area contributed by atoms with E-state index in [1.54, 1.807) is 17.5 Å². The van der Waals surface area contributed by atoms with Crippen LogP contribution in [0, 0.1) is 0 Å². The van der Waals surface area contributed by atoms with Crippen LogP contribution >= 0.6 is 11.3 Å². The van der Waals surface area contributed by atoms with E-state index in [1.807, 2.05) is 60.9 Å². The molecule has 6 heteroatoms. The molecule has 0 amide bonds. The number of hydrogen-bond acceptors (Lipinski definition) is 6. The number of hydrogen-bond donors (Lipinski definition) is 0. The maximum absolute atomic E-state index is 6.08. The third-order valence-corrected chi connectivity index (χ3v) is 5.88. The Morgan fingerprint density at radius 1 is 0.793 bits per heavy atom. The van der Waals surface area contributed by atoms with Gasteiger partial charge in [0.1, 0.15) is 5.01 Å². The van der Waals surface area contributed by atoms with Gasteiger partial charge in [0.2, 0.25) is 0 Å². The number of nitrogens with zero attached hydrogens (tertiary/aromatic N) is 4. The summed E-state index contributed by atoms with van der Waals surface area (Å²) in [5, 5.41) is 0.891. The summed E-state index contributed by atoms with van der Waals surface area (Å²) < 4.78 is 7.14. The van der Waals surface area contributed by atoms with Gasteiger partial charge >= 0.3 is 0 Å². The Morgan fingerprint density at radius 2 is 1.55 bits per heavy atom. The zero-order chi connectivity index (χ0) is 19.2. The normalized spacial score (nSPS) is 12.3. The predicted octanol–water partition coefficient (Wildman–Crippen LogP) is 6.33. The number of rotatable bonds is 2. The van der Waals surface area contributed by atoms with Crippen LogP contribution in [-0.2, 0) is 0 Å². The second-order valence-corrected chi connectivity index (χ2v) is 7.67. The highest BCUT2D eigenvalue weighted by molar-refractivity contribution is 7.21. The van der Waals surface area contributed by atoms with Crippen LogP contribution in [0.1, 0.15) is 0 Å². The Morgan fingerprint density at radius 3 is 2.24 bits per heavy atom. The van der Waals surface area contributed by atoms with E-state index in [0.717, 1.165) is 49.5 Å². The van der Waals surface area contributed by atoms with Gasteiger partial charge in [0.15, 0.2) is 11.5 Å². The monoisotopic (exact) mass is 394 g/mol. The van der Waals surface area contributed by atoms with Gasteiger partial charge in [-0.2, -0.15) is 0 Å². The molecule has 0 unspecified atom stereocenters. The zero-order valence-corrected chi connectivity index (χ0v) is 16.0. The molecule has 0 saturated heterocycles. The Hall–Kier alpha value is -3.77. The molecule has 0 fully saturated rings. The minimum absolute atomic E-state index is 0.828. The topological polar surface area (TPSA) is 51.1 Å². The van der Waals surface area contributed by atoms with Crippen LogP contribution in [0.2, 0.25) is 0 Å². The third-order valence-electron chi connectivity index (χ3n) is 4.85. The van der Waals surface area contributed by atoms with Crippen molar-refractivity contribution in [3.8, 4) is 22.2 Å². The summed E-state index contributed by atoms with van der Waals surface area (Å²) in [6.45, 7) is 0. The lowest BCUT2D eigenvalue weighted by molar-refractivity contribution is 0.477. The summed E-state index contributed by atoms with van der Waals surface area (Å²) in [5.41, 5.74) is 4.75. The van der Waals surface area contributed by atoms with Gasteiger partial charge in [-0.05, 0) is 42.5 Å². The van der Waals surface area contributed by atoms with Gasteiger partial charge in [-0.1, -0.05) is 24.3 Å². The lowest BCUT2D eigenvalue weighted by Gasteiger charge is -2.32. The van der Waals surface area contributed by atoms with Gasteiger partial charge in [0.25, 0.3) is 0 Å². The van der Waals surface area contributed by atoms with Crippen LogP contribution in [-0.4, -0.2) is 15.0 Å². The summed E-state index contributed by atoms with van der Waals surface area (Å²) in [5.74, 6) is 1.66. The van der Waals surface area contributed by atoms with Crippen molar-refractivity contribution in [3.63, 3.8) is 0 Å². The summed E-state index contributed by atoms with van der Waals surface area (Å²) in [7, 11) is 0. The summed E-state index contributed by atoms with van der Waals surface area (Å²) >= 11 is 1.60. The molecule has 4 heterocycles. The number of para-hydroxylation sites is 4. The molecule has 0 atom stereocenters. The molecule has 2 aromatic carbocycles. The molecule has 5 aromatic rings. The molecule has 138 valence electrons. The molecule has 0 saturated carbocycles. The fourth-order valence-corrected chi connectivity index (χ4v) is 4.43. The van der Waals surface area contributed by atoms with E-state index in [-0.39, 0.29) is 0 Å². The molecule has 3 aromatic heterocycles. The average Bonchev–Trinajstić information content (AvgIpc) is 3.22. The highest BCUT2D eigenvalue weighted by atomic mass is 32.1. The van der Waals surface area contributed by atoms with Gasteiger partial charge in [0.05, 0.1) is 39.2 Å². The van der Waals surface area contributed by atoms with Gasteiger partial charge in [-0.25, -0.2) is 4.98 Å². The molecular formula is C23H14N4OS. The van der Waals surface area contributed by atoms with E-state index in [4.69, 9.17) is 9.72 Å². The molecular weight excluding hydrogens is 380 g/mol. The van der Waals surface area contributed by atoms with Crippen molar-refractivity contribution in [1.29, 1.82) is 0 Å². The van der Waals surface area contributed by atoms with E-state index in [0.29, 0.717) is 0 Å². The van der Waals surface area contributed by atoms with Gasteiger partial charge in [-0.3, -0.25) is 9.97 Å². The average molecular weight is 394 g/mol. The van der Waals surface area contributed by atoms with Crippen LogP contribution in [0.3, 0.4) is 0 Å². The van der Waals surface area contributed by atoms with E-state index < -0.39 is 0 Å². The lowest BCUT2D eigenvalue weighted by Crippen LogP contribution is -2.15. The number of ether oxygens (including phenoxy) is 1. The fourth-order valence-electron chi connectivity index (χ4n) is 3.52. The molecule has 6 rings (SSSR count). The van der Waals surface area contributed by atoms with Crippen molar-refractivity contribution in [2.75, 3.05) is 4.90 Å². The Labute approximate surface area is 170 Å². The quantitative estimate of drug-likeness (QED) is 0.343. The minimum Gasteiger partial charge on any atom is -0.453 e. The standard InChI is InChI=1S/C23H14N4OS/c1-3-7-20-18(5-1)27(19-6-2-4-8-21(19)28-20)15-9-10-17(25-13-15)23-26-16-11-12-24-14-22(16)29-23/h1-14H. The van der Waals surface area contributed by atoms with Gasteiger partial charge < -0.3 is 9.64 Å². The predicted molar refractivity (Wildman–Crippen MR) is 115 cm³/mol. The maximum atomic E-state index is 6.08. The van der Waals surface area contributed by atoms with Gasteiger partial charge in [-0.15, -0.1) is 11.3 Å². The first kappa shape index (κ1) is 16.2. The molecule has 0 radical (unpaired) electrons. The second-order valence-electron chi connectivity index (χ2n) is 6.64. The van der Waals surface area contributed by atoms with Crippen molar-refractivity contribution < 1.29 is 4.74 Å². The van der Waals surface area contributed by atoms with Crippen LogP contribution in [0.15, 0.2) is 85.3 Å². The third kappa shape index (κ3) is 2.65. The van der Waals surface area contributed by atoms with E-state index in [1.165, 1.54) is 0 Å². The smallest absolute Gasteiger partial charge is 0.151 e. The van der Waals surface area contributed by atoms with Crippen molar-refractivity contribution in [2.24, 2.45) is 0 Å². The highest BCUT2D eigenvalue weighted by Crippen LogP contribution is 2.49. The highest BCUT2D eigenvalue weighted by Gasteiger charge is 2.25. The number of thiazole rings is 1. The van der Waals surface area contributed by atoms with E-state index >= 15 is 0 Å². The van der Waals surface area contributed by atoms with Crippen molar-refractivity contribution in [2.45, 2.75) is 0 Å². The fraction of sp³-hybridized carbons (Fsp3) is 0. The van der Waals surface area contributed by atoms with Crippen molar-refractivity contribution in [3.05, 3.63) is 85.3 Å². The number of anilines is 3.